The van der Waals surface area contributed by atoms with Gasteiger partial charge >= 0.3 is 39.5 Å². The lowest BCUT2D eigenvalue weighted by Gasteiger charge is -2.21. The van der Waals surface area contributed by atoms with Gasteiger partial charge in [-0.05, 0) is 25.7 Å². The third-order valence-corrected chi connectivity index (χ3v) is 20.3. The molecule has 0 aromatic carbocycles. The number of carbonyl (C=O) groups is 4. The van der Waals surface area contributed by atoms with E-state index in [1.54, 1.807) is 0 Å². The summed E-state index contributed by atoms with van der Waals surface area (Å²) in [5.41, 5.74) is 0. The van der Waals surface area contributed by atoms with E-state index in [1.807, 2.05) is 0 Å². The van der Waals surface area contributed by atoms with Gasteiger partial charge in [0.25, 0.3) is 0 Å². The first-order valence-electron chi connectivity index (χ1n) is 40.8. The molecule has 0 aliphatic carbocycles. The van der Waals surface area contributed by atoms with Crippen LogP contribution in [0.25, 0.3) is 0 Å². The summed E-state index contributed by atoms with van der Waals surface area (Å²) in [6.45, 7) is 4.99. The number of unbranched alkanes of at least 4 members (excludes halogenated alkanes) is 53. The van der Waals surface area contributed by atoms with E-state index in [9.17, 15) is 43.2 Å². The number of phosphoric ester groups is 2. The van der Waals surface area contributed by atoms with E-state index in [1.165, 1.54) is 250 Å². The number of rotatable bonds is 79. The summed E-state index contributed by atoms with van der Waals surface area (Å²) in [4.78, 5) is 72.8. The van der Waals surface area contributed by atoms with Crippen LogP contribution in [0.2, 0.25) is 0 Å². The largest absolute Gasteiger partial charge is 0.472 e. The Morgan fingerprint density at radius 2 is 0.412 bits per heavy atom. The highest BCUT2D eigenvalue weighted by molar-refractivity contribution is 7.47. The smallest absolute Gasteiger partial charge is 0.462 e. The molecule has 17 nitrogen and oxygen atoms in total. The predicted octanol–water partition coefficient (Wildman–Crippen LogP) is 23.4. The second-order valence-corrected chi connectivity index (χ2v) is 31.0. The molecular weight excluding hydrogens is 1270 g/mol. The summed E-state index contributed by atoms with van der Waals surface area (Å²) in [5, 5.41) is 10.6. The van der Waals surface area contributed by atoms with Gasteiger partial charge in [-0.3, -0.25) is 37.3 Å². The minimum atomic E-state index is -4.96. The Morgan fingerprint density at radius 3 is 0.608 bits per heavy atom. The number of aliphatic hydroxyl groups is 1. The van der Waals surface area contributed by atoms with Gasteiger partial charge in [-0.1, -0.05) is 368 Å². The van der Waals surface area contributed by atoms with E-state index < -0.39 is 97.5 Å². The van der Waals surface area contributed by atoms with E-state index in [4.69, 9.17) is 37.0 Å². The number of aliphatic hydroxyl groups excluding tert-OH is 1. The molecule has 0 heterocycles. The molecule has 0 fully saturated rings. The summed E-state index contributed by atoms with van der Waals surface area (Å²) in [7, 11) is -9.91. The third kappa shape index (κ3) is 72.2. The summed E-state index contributed by atoms with van der Waals surface area (Å²) >= 11 is 0. The zero-order valence-corrected chi connectivity index (χ0v) is 64.8. The molecule has 0 aliphatic rings. The Balaban J connectivity index is 5.20. The standard InChI is InChI=1S/C78H152O17P2/c1-5-9-13-17-21-25-28-31-34-35-36-37-38-39-42-45-49-53-57-61-65-78(83)95-74(69-89-76(81)63-59-55-51-47-43-40-32-29-26-22-18-14-10-6-2)71-93-97(86,87)91-67-72(79)66-90-96(84,85)92-70-73(68-88-75(80)62-58-54-50-46-24-20-16-12-8-4)94-77(82)64-60-56-52-48-44-41-33-30-27-23-19-15-11-7-3/h72-74,79H,5-71H2,1-4H3,(H,84,85)(H,86,87)/t72-,73+,74+/m0/s1. The number of carbonyl (C=O) groups excluding carboxylic acids is 4. The highest BCUT2D eigenvalue weighted by Gasteiger charge is 2.30. The molecule has 0 aromatic heterocycles. The Labute approximate surface area is 594 Å². The average molecular weight is 1420 g/mol. The molecule has 0 rings (SSSR count). The molecule has 0 bridgehead atoms. The van der Waals surface area contributed by atoms with Gasteiger partial charge in [0.2, 0.25) is 0 Å². The number of hydrogen-bond donors (Lipinski definition) is 3. The first-order valence-corrected chi connectivity index (χ1v) is 43.8. The lowest BCUT2D eigenvalue weighted by molar-refractivity contribution is -0.161. The van der Waals surface area contributed by atoms with Crippen molar-refractivity contribution in [2.75, 3.05) is 39.6 Å². The molecule has 0 spiro atoms. The van der Waals surface area contributed by atoms with Crippen molar-refractivity contribution < 1.29 is 80.2 Å². The maximum absolute atomic E-state index is 13.1. The highest BCUT2D eigenvalue weighted by Crippen LogP contribution is 2.45. The van der Waals surface area contributed by atoms with E-state index in [0.717, 1.165) is 89.9 Å². The van der Waals surface area contributed by atoms with Crippen molar-refractivity contribution in [3.05, 3.63) is 0 Å². The van der Waals surface area contributed by atoms with Crippen molar-refractivity contribution in [3.63, 3.8) is 0 Å². The molecule has 2 unspecified atom stereocenters. The molecule has 0 amide bonds. The minimum absolute atomic E-state index is 0.108. The fourth-order valence-electron chi connectivity index (χ4n) is 12.1. The maximum atomic E-state index is 13.1. The van der Waals surface area contributed by atoms with Crippen molar-refractivity contribution in [1.29, 1.82) is 0 Å². The third-order valence-electron chi connectivity index (χ3n) is 18.4. The van der Waals surface area contributed by atoms with Crippen LogP contribution in [0, 0.1) is 0 Å². The van der Waals surface area contributed by atoms with Crippen molar-refractivity contribution in [2.24, 2.45) is 0 Å². The fraction of sp³-hybridized carbons (Fsp3) is 0.949. The number of ether oxygens (including phenoxy) is 4. The monoisotopic (exact) mass is 1420 g/mol. The molecule has 0 radical (unpaired) electrons. The van der Waals surface area contributed by atoms with Gasteiger partial charge in [0.1, 0.15) is 19.3 Å². The van der Waals surface area contributed by atoms with Crippen LogP contribution in [0.15, 0.2) is 0 Å². The molecular formula is C78H152O17P2. The van der Waals surface area contributed by atoms with Gasteiger partial charge in [0.15, 0.2) is 12.2 Å². The Morgan fingerprint density at radius 1 is 0.247 bits per heavy atom. The van der Waals surface area contributed by atoms with Crippen LogP contribution in [0.4, 0.5) is 0 Å². The first-order chi connectivity index (χ1) is 47.2. The SMILES string of the molecule is CCCCCCCCCCCCCCCCCCCCCCC(=O)O[C@H](COC(=O)CCCCCCCCCCCCCCCC)COP(=O)(O)OC[C@@H](O)COP(=O)(O)OC[C@@H](COC(=O)CCCCCCCCCCC)OC(=O)CCCCCCCCCCCCCCCC. The van der Waals surface area contributed by atoms with E-state index in [2.05, 4.69) is 27.7 Å². The lowest BCUT2D eigenvalue weighted by Crippen LogP contribution is -2.30. The predicted molar refractivity (Wildman–Crippen MR) is 395 cm³/mol. The van der Waals surface area contributed by atoms with Crippen molar-refractivity contribution in [2.45, 2.75) is 438 Å². The van der Waals surface area contributed by atoms with Crippen LogP contribution in [-0.4, -0.2) is 96.7 Å². The Hall–Kier alpha value is -1.94. The van der Waals surface area contributed by atoms with Gasteiger partial charge < -0.3 is 33.8 Å². The van der Waals surface area contributed by atoms with Crippen LogP contribution in [-0.2, 0) is 65.4 Å². The molecule has 0 aromatic rings. The zero-order valence-electron chi connectivity index (χ0n) is 63.1. The summed E-state index contributed by atoms with van der Waals surface area (Å²) in [5.74, 6) is -2.11. The van der Waals surface area contributed by atoms with Gasteiger partial charge in [0, 0.05) is 25.7 Å². The molecule has 0 saturated carbocycles. The van der Waals surface area contributed by atoms with Gasteiger partial charge in [-0.25, -0.2) is 9.13 Å². The van der Waals surface area contributed by atoms with Crippen molar-refractivity contribution >= 4 is 39.5 Å². The second-order valence-electron chi connectivity index (χ2n) is 28.1. The van der Waals surface area contributed by atoms with Crippen molar-refractivity contribution in [1.82, 2.24) is 0 Å². The number of hydrogen-bond acceptors (Lipinski definition) is 15. The molecule has 0 saturated heterocycles. The fourth-order valence-corrected chi connectivity index (χ4v) is 13.7. The van der Waals surface area contributed by atoms with Crippen molar-refractivity contribution in [3.8, 4) is 0 Å². The minimum Gasteiger partial charge on any atom is -0.462 e. The quantitative estimate of drug-likeness (QED) is 0.0222. The van der Waals surface area contributed by atoms with Crippen LogP contribution in [0.3, 0.4) is 0 Å². The number of phosphoric acid groups is 2. The molecule has 576 valence electrons. The van der Waals surface area contributed by atoms with Crippen LogP contribution >= 0.6 is 15.6 Å². The zero-order chi connectivity index (χ0) is 71.1. The van der Waals surface area contributed by atoms with Gasteiger partial charge in [0.05, 0.1) is 26.4 Å². The van der Waals surface area contributed by atoms with E-state index >= 15 is 0 Å². The maximum Gasteiger partial charge on any atom is 0.472 e. The molecule has 3 N–H and O–H groups in total. The highest BCUT2D eigenvalue weighted by atomic mass is 31.2. The molecule has 19 heteroatoms. The average Bonchev–Trinajstić information content (AvgIpc) is 1.83. The van der Waals surface area contributed by atoms with Crippen LogP contribution < -0.4 is 0 Å². The topological polar surface area (TPSA) is 237 Å². The summed E-state index contributed by atoms with van der Waals surface area (Å²) in [6.07, 6.45) is 63.8. The molecule has 97 heavy (non-hydrogen) atoms. The Kier molecular flexibility index (Phi) is 71.0. The molecule has 0 aliphatic heterocycles. The molecule has 5 atom stereocenters. The lowest BCUT2D eigenvalue weighted by atomic mass is 10.0. The van der Waals surface area contributed by atoms with Gasteiger partial charge in [-0.2, -0.15) is 0 Å². The summed E-state index contributed by atoms with van der Waals surface area (Å²) < 4.78 is 68.6. The normalized spacial score (nSPS) is 13.8. The van der Waals surface area contributed by atoms with Crippen LogP contribution in [0.1, 0.15) is 419 Å². The second kappa shape index (κ2) is 72.4. The van der Waals surface area contributed by atoms with Crippen LogP contribution in [0.5, 0.6) is 0 Å². The number of esters is 4. The van der Waals surface area contributed by atoms with Gasteiger partial charge in [-0.15, -0.1) is 0 Å². The van der Waals surface area contributed by atoms with E-state index in [-0.39, 0.29) is 25.7 Å². The summed E-state index contributed by atoms with van der Waals surface area (Å²) in [6, 6.07) is 0. The Bertz CT molecular complexity index is 1840. The van der Waals surface area contributed by atoms with E-state index in [0.29, 0.717) is 25.7 Å². The first kappa shape index (κ1) is 95.1.